The highest BCUT2D eigenvalue weighted by molar-refractivity contribution is 6.35. The highest BCUT2D eigenvalue weighted by atomic mass is 35.5. The summed E-state index contributed by atoms with van der Waals surface area (Å²) in [4.78, 5) is 0. The average molecular weight is 307 g/mol. The molecule has 0 fully saturated rings. The molecule has 0 spiro atoms. The number of anilines is 1. The van der Waals surface area contributed by atoms with Gasteiger partial charge in [0.15, 0.2) is 0 Å². The highest BCUT2D eigenvalue weighted by Crippen LogP contribution is 2.27. The van der Waals surface area contributed by atoms with Gasteiger partial charge in [-0.25, -0.2) is 0 Å². The summed E-state index contributed by atoms with van der Waals surface area (Å²) in [5.74, 6) is 0.609. The highest BCUT2D eigenvalue weighted by Gasteiger charge is 2.01. The lowest BCUT2D eigenvalue weighted by Gasteiger charge is -2.10. The first-order chi connectivity index (χ1) is 9.69. The second-order valence-corrected chi connectivity index (χ2v) is 4.88. The lowest BCUT2D eigenvalue weighted by atomic mass is 10.2. The molecule has 0 saturated heterocycles. The fourth-order valence-corrected chi connectivity index (χ4v) is 2.07. The Morgan fingerprint density at radius 2 is 1.85 bits per heavy atom. The minimum Gasteiger partial charge on any atom is -0.490 e. The summed E-state index contributed by atoms with van der Waals surface area (Å²) in [6.45, 7) is 1.10. The lowest BCUT2D eigenvalue weighted by molar-refractivity contribution is 0.333. The Balaban J connectivity index is 1.80. The first-order valence-corrected chi connectivity index (χ1v) is 6.76. The van der Waals surface area contributed by atoms with Crippen LogP contribution in [0, 0.1) is 11.3 Å². The fourth-order valence-electron chi connectivity index (χ4n) is 1.61. The molecule has 0 amide bonds. The third-order valence-electron chi connectivity index (χ3n) is 2.60. The van der Waals surface area contributed by atoms with E-state index in [1.807, 2.05) is 12.1 Å². The topological polar surface area (TPSA) is 45.0 Å². The Labute approximate surface area is 127 Å². The van der Waals surface area contributed by atoms with E-state index in [4.69, 9.17) is 33.2 Å². The summed E-state index contributed by atoms with van der Waals surface area (Å²) < 4.78 is 5.55. The molecule has 0 aliphatic carbocycles. The van der Waals surface area contributed by atoms with Crippen molar-refractivity contribution in [3.8, 4) is 11.8 Å². The number of nitrogens with zero attached hydrogens (tertiary/aromatic N) is 1. The minimum absolute atomic E-state index is 0.474. The van der Waals surface area contributed by atoms with Crippen LogP contribution in [0.5, 0.6) is 5.75 Å². The standard InChI is InChI=1S/C15H12Cl2N2O/c16-12-3-6-15(14(17)9-12)20-8-7-19-13-4-1-11(10-18)2-5-13/h1-6,9,19H,7-8H2. The van der Waals surface area contributed by atoms with Gasteiger partial charge in [0.25, 0.3) is 0 Å². The molecule has 20 heavy (non-hydrogen) atoms. The summed E-state index contributed by atoms with van der Waals surface area (Å²) in [5.41, 5.74) is 1.58. The number of rotatable bonds is 5. The molecule has 5 heteroatoms. The molecule has 0 saturated carbocycles. The van der Waals surface area contributed by atoms with Gasteiger partial charge in [0.05, 0.1) is 16.7 Å². The summed E-state index contributed by atoms with van der Waals surface area (Å²) in [6, 6.07) is 14.4. The summed E-state index contributed by atoms with van der Waals surface area (Å²) in [6.07, 6.45) is 0. The van der Waals surface area contributed by atoms with Crippen LogP contribution in [0.25, 0.3) is 0 Å². The van der Waals surface area contributed by atoms with Gasteiger partial charge in [-0.1, -0.05) is 23.2 Å². The van der Waals surface area contributed by atoms with Crippen molar-refractivity contribution in [2.45, 2.75) is 0 Å². The van der Waals surface area contributed by atoms with E-state index in [0.717, 1.165) is 5.69 Å². The van der Waals surface area contributed by atoms with E-state index in [9.17, 15) is 0 Å². The number of hydrogen-bond acceptors (Lipinski definition) is 3. The predicted molar refractivity (Wildman–Crippen MR) is 81.6 cm³/mol. The molecule has 1 N–H and O–H groups in total. The molecule has 0 aromatic heterocycles. The van der Waals surface area contributed by atoms with Crippen LogP contribution in [0.4, 0.5) is 5.69 Å². The second kappa shape index (κ2) is 7.04. The summed E-state index contributed by atoms with van der Waals surface area (Å²) in [5, 5.41) is 13.0. The second-order valence-electron chi connectivity index (χ2n) is 4.04. The Kier molecular flexibility index (Phi) is 5.11. The number of ether oxygens (including phenoxy) is 1. The van der Waals surface area contributed by atoms with E-state index in [0.29, 0.717) is 34.5 Å². The van der Waals surface area contributed by atoms with E-state index in [1.54, 1.807) is 30.3 Å². The molecule has 2 rings (SSSR count). The minimum atomic E-state index is 0.474. The van der Waals surface area contributed by atoms with E-state index in [2.05, 4.69) is 11.4 Å². The van der Waals surface area contributed by atoms with Gasteiger partial charge in [-0.2, -0.15) is 5.26 Å². The van der Waals surface area contributed by atoms with E-state index in [-0.39, 0.29) is 0 Å². The molecule has 3 nitrogen and oxygen atoms in total. The number of nitrogens with one attached hydrogen (secondary N) is 1. The van der Waals surface area contributed by atoms with Crippen molar-refractivity contribution in [1.29, 1.82) is 5.26 Å². The number of halogens is 2. The zero-order chi connectivity index (χ0) is 14.4. The van der Waals surface area contributed by atoms with Gasteiger partial charge < -0.3 is 10.1 Å². The van der Waals surface area contributed by atoms with Crippen LogP contribution in [-0.4, -0.2) is 13.2 Å². The van der Waals surface area contributed by atoms with Crippen LogP contribution in [0.3, 0.4) is 0 Å². The van der Waals surface area contributed by atoms with E-state index in [1.165, 1.54) is 0 Å². The number of hydrogen-bond donors (Lipinski definition) is 1. The normalized spacial score (nSPS) is 9.85. The van der Waals surface area contributed by atoms with Crippen molar-refractivity contribution in [2.24, 2.45) is 0 Å². The smallest absolute Gasteiger partial charge is 0.138 e. The van der Waals surface area contributed by atoms with Crippen LogP contribution in [0.15, 0.2) is 42.5 Å². The zero-order valence-corrected chi connectivity index (χ0v) is 12.1. The Hall–Kier alpha value is -1.89. The molecular formula is C15H12Cl2N2O. The molecule has 2 aromatic carbocycles. The van der Waals surface area contributed by atoms with Gasteiger partial charge in [-0.05, 0) is 42.5 Å². The molecule has 0 bridgehead atoms. The Morgan fingerprint density at radius 3 is 2.50 bits per heavy atom. The maximum Gasteiger partial charge on any atom is 0.138 e. The van der Waals surface area contributed by atoms with Crippen molar-refractivity contribution in [3.05, 3.63) is 58.1 Å². The van der Waals surface area contributed by atoms with Crippen molar-refractivity contribution in [3.63, 3.8) is 0 Å². The predicted octanol–water partition coefficient (Wildman–Crippen LogP) is 4.36. The van der Waals surface area contributed by atoms with Gasteiger partial charge in [-0.3, -0.25) is 0 Å². The average Bonchev–Trinajstić information content (AvgIpc) is 2.46. The van der Waals surface area contributed by atoms with Gasteiger partial charge >= 0.3 is 0 Å². The van der Waals surface area contributed by atoms with Crippen LogP contribution in [0.1, 0.15) is 5.56 Å². The van der Waals surface area contributed by atoms with Gasteiger partial charge in [0.2, 0.25) is 0 Å². The van der Waals surface area contributed by atoms with Gasteiger partial charge in [0, 0.05) is 17.3 Å². The maximum absolute atomic E-state index is 8.70. The first kappa shape index (κ1) is 14.5. The number of benzene rings is 2. The Bertz CT molecular complexity index is 621. The molecule has 0 radical (unpaired) electrons. The van der Waals surface area contributed by atoms with Crippen LogP contribution < -0.4 is 10.1 Å². The third kappa shape index (κ3) is 4.06. The van der Waals surface area contributed by atoms with Gasteiger partial charge in [-0.15, -0.1) is 0 Å². The monoisotopic (exact) mass is 306 g/mol. The van der Waals surface area contributed by atoms with Crippen LogP contribution in [0.2, 0.25) is 10.0 Å². The Morgan fingerprint density at radius 1 is 1.10 bits per heavy atom. The zero-order valence-electron chi connectivity index (χ0n) is 10.6. The molecule has 0 atom stereocenters. The molecule has 0 aliphatic heterocycles. The molecule has 0 aliphatic rings. The number of nitriles is 1. The van der Waals surface area contributed by atoms with Crippen molar-refractivity contribution < 1.29 is 4.74 Å². The largest absolute Gasteiger partial charge is 0.490 e. The molecule has 102 valence electrons. The molecule has 0 unspecified atom stereocenters. The van der Waals surface area contributed by atoms with E-state index >= 15 is 0 Å². The quantitative estimate of drug-likeness (QED) is 0.835. The lowest BCUT2D eigenvalue weighted by Crippen LogP contribution is -2.11. The van der Waals surface area contributed by atoms with Crippen molar-refractivity contribution in [2.75, 3.05) is 18.5 Å². The SMILES string of the molecule is N#Cc1ccc(NCCOc2ccc(Cl)cc2Cl)cc1. The molecule has 2 aromatic rings. The maximum atomic E-state index is 8.70. The van der Waals surface area contributed by atoms with E-state index < -0.39 is 0 Å². The summed E-state index contributed by atoms with van der Waals surface area (Å²) >= 11 is 11.8. The molecular weight excluding hydrogens is 295 g/mol. The third-order valence-corrected chi connectivity index (χ3v) is 3.13. The summed E-state index contributed by atoms with van der Waals surface area (Å²) in [7, 11) is 0. The van der Waals surface area contributed by atoms with Gasteiger partial charge in [0.1, 0.15) is 12.4 Å². The first-order valence-electron chi connectivity index (χ1n) is 6.01. The fraction of sp³-hybridized carbons (Fsp3) is 0.133. The van der Waals surface area contributed by atoms with Crippen LogP contribution >= 0.6 is 23.2 Å². The van der Waals surface area contributed by atoms with Crippen molar-refractivity contribution in [1.82, 2.24) is 0 Å². The van der Waals surface area contributed by atoms with Crippen molar-refractivity contribution >= 4 is 28.9 Å². The molecule has 0 heterocycles. The van der Waals surface area contributed by atoms with Crippen LogP contribution in [-0.2, 0) is 0 Å².